The Bertz CT molecular complexity index is 795. The molecule has 0 radical (unpaired) electrons. The average Bonchev–Trinajstić information content (AvgIpc) is 2.63. The summed E-state index contributed by atoms with van der Waals surface area (Å²) in [6.07, 6.45) is 0.978. The fourth-order valence-corrected chi connectivity index (χ4v) is 2.21. The minimum Gasteiger partial charge on any atom is -0.508 e. The third-order valence-electron chi connectivity index (χ3n) is 3.41. The third kappa shape index (κ3) is 4.91. The number of rotatable bonds is 7. The zero-order valence-electron chi connectivity index (χ0n) is 14.0. The first-order valence-electron chi connectivity index (χ1n) is 8.20. The van der Waals surface area contributed by atoms with E-state index >= 15 is 0 Å². The molecule has 0 aliphatic rings. The van der Waals surface area contributed by atoms with Gasteiger partial charge in [-0.05, 0) is 67.1 Å². The van der Waals surface area contributed by atoms with E-state index < -0.39 is 0 Å². The number of ether oxygens (including phenoxy) is 3. The molecule has 0 aliphatic carbocycles. The number of benzene rings is 3. The van der Waals surface area contributed by atoms with Gasteiger partial charge < -0.3 is 19.3 Å². The van der Waals surface area contributed by atoms with Gasteiger partial charge >= 0.3 is 0 Å². The van der Waals surface area contributed by atoms with Gasteiger partial charge in [0.25, 0.3) is 0 Å². The van der Waals surface area contributed by atoms with Crippen molar-refractivity contribution in [2.45, 2.75) is 13.3 Å². The third-order valence-corrected chi connectivity index (χ3v) is 3.41. The highest BCUT2D eigenvalue weighted by Crippen LogP contribution is 2.29. The molecule has 4 heteroatoms. The van der Waals surface area contributed by atoms with Crippen LogP contribution in [0.3, 0.4) is 0 Å². The Labute approximate surface area is 147 Å². The second-order valence-electron chi connectivity index (χ2n) is 5.49. The van der Waals surface area contributed by atoms with Crippen molar-refractivity contribution in [1.29, 1.82) is 0 Å². The minimum atomic E-state index is 0.204. The normalized spacial score (nSPS) is 10.3. The van der Waals surface area contributed by atoms with E-state index in [1.165, 1.54) is 0 Å². The molecule has 0 aromatic heterocycles. The standard InChI is InChI=1S/C21H20O4/c1-2-14-23-17-10-12-19(13-11-17)25-21-5-3-4-20(15-21)24-18-8-6-16(22)7-9-18/h3-13,15,22H,2,14H2,1H3. The van der Waals surface area contributed by atoms with Crippen LogP contribution in [0.5, 0.6) is 34.5 Å². The van der Waals surface area contributed by atoms with Crippen LogP contribution in [0.15, 0.2) is 72.8 Å². The molecule has 0 unspecified atom stereocenters. The molecule has 3 aromatic carbocycles. The van der Waals surface area contributed by atoms with Crippen molar-refractivity contribution in [3.8, 4) is 34.5 Å². The molecule has 128 valence electrons. The molecule has 0 spiro atoms. The van der Waals surface area contributed by atoms with Crippen LogP contribution in [0.4, 0.5) is 0 Å². The van der Waals surface area contributed by atoms with Crippen molar-refractivity contribution >= 4 is 0 Å². The Hall–Kier alpha value is -3.14. The number of phenolic OH excluding ortho intramolecular Hbond substituents is 1. The van der Waals surface area contributed by atoms with Crippen LogP contribution in [0, 0.1) is 0 Å². The van der Waals surface area contributed by atoms with E-state index in [0.717, 1.165) is 17.9 Å². The maximum atomic E-state index is 9.31. The van der Waals surface area contributed by atoms with Gasteiger partial charge in [0.2, 0.25) is 0 Å². The number of phenols is 1. The Balaban J connectivity index is 1.66. The van der Waals surface area contributed by atoms with Gasteiger partial charge in [0.15, 0.2) is 0 Å². The maximum absolute atomic E-state index is 9.31. The van der Waals surface area contributed by atoms with Crippen LogP contribution in [-0.2, 0) is 0 Å². The first-order chi connectivity index (χ1) is 12.2. The van der Waals surface area contributed by atoms with Gasteiger partial charge in [-0.2, -0.15) is 0 Å². The highest BCUT2D eigenvalue weighted by atomic mass is 16.5. The molecule has 0 saturated carbocycles. The van der Waals surface area contributed by atoms with Gasteiger partial charge in [0.1, 0.15) is 34.5 Å². The fourth-order valence-electron chi connectivity index (χ4n) is 2.21. The topological polar surface area (TPSA) is 47.9 Å². The second-order valence-corrected chi connectivity index (χ2v) is 5.49. The van der Waals surface area contributed by atoms with E-state index in [9.17, 15) is 5.11 Å². The van der Waals surface area contributed by atoms with Crippen LogP contribution >= 0.6 is 0 Å². The van der Waals surface area contributed by atoms with Crippen LogP contribution in [0.2, 0.25) is 0 Å². The van der Waals surface area contributed by atoms with Crippen LogP contribution < -0.4 is 14.2 Å². The lowest BCUT2D eigenvalue weighted by molar-refractivity contribution is 0.317. The van der Waals surface area contributed by atoms with Gasteiger partial charge in [-0.3, -0.25) is 0 Å². The van der Waals surface area contributed by atoms with Gasteiger partial charge in [-0.15, -0.1) is 0 Å². The monoisotopic (exact) mass is 336 g/mol. The van der Waals surface area contributed by atoms with E-state index in [2.05, 4.69) is 6.92 Å². The summed E-state index contributed by atoms with van der Waals surface area (Å²) in [6.45, 7) is 2.78. The van der Waals surface area contributed by atoms with E-state index in [-0.39, 0.29) is 5.75 Å². The van der Waals surface area contributed by atoms with Crippen molar-refractivity contribution in [3.05, 3.63) is 72.8 Å². The highest BCUT2D eigenvalue weighted by molar-refractivity contribution is 5.41. The Morgan fingerprint density at radius 1 is 0.680 bits per heavy atom. The molecular weight excluding hydrogens is 316 g/mol. The number of hydrogen-bond donors (Lipinski definition) is 1. The van der Waals surface area contributed by atoms with E-state index in [1.807, 2.05) is 48.5 Å². The van der Waals surface area contributed by atoms with Crippen molar-refractivity contribution in [3.63, 3.8) is 0 Å². The summed E-state index contributed by atoms with van der Waals surface area (Å²) >= 11 is 0. The lowest BCUT2D eigenvalue weighted by Gasteiger charge is -2.10. The number of hydrogen-bond acceptors (Lipinski definition) is 4. The lowest BCUT2D eigenvalue weighted by Crippen LogP contribution is -1.94. The van der Waals surface area contributed by atoms with Crippen molar-refractivity contribution < 1.29 is 19.3 Å². The van der Waals surface area contributed by atoms with Crippen LogP contribution in [0.25, 0.3) is 0 Å². The van der Waals surface area contributed by atoms with Crippen molar-refractivity contribution in [2.75, 3.05) is 6.61 Å². The fraction of sp³-hybridized carbons (Fsp3) is 0.143. The molecule has 25 heavy (non-hydrogen) atoms. The molecule has 0 saturated heterocycles. The Morgan fingerprint density at radius 2 is 1.20 bits per heavy atom. The quantitative estimate of drug-likeness (QED) is 0.595. The largest absolute Gasteiger partial charge is 0.508 e. The second kappa shape index (κ2) is 8.11. The summed E-state index contributed by atoms with van der Waals surface area (Å²) in [7, 11) is 0. The summed E-state index contributed by atoms with van der Waals surface area (Å²) in [6, 6.07) is 21.5. The molecule has 1 N–H and O–H groups in total. The summed E-state index contributed by atoms with van der Waals surface area (Å²) < 4.78 is 17.2. The predicted molar refractivity (Wildman–Crippen MR) is 96.9 cm³/mol. The lowest BCUT2D eigenvalue weighted by atomic mass is 10.3. The summed E-state index contributed by atoms with van der Waals surface area (Å²) in [4.78, 5) is 0. The van der Waals surface area contributed by atoms with E-state index in [4.69, 9.17) is 14.2 Å². The molecule has 4 nitrogen and oxygen atoms in total. The van der Waals surface area contributed by atoms with Crippen LogP contribution in [0.1, 0.15) is 13.3 Å². The zero-order chi connectivity index (χ0) is 17.5. The van der Waals surface area contributed by atoms with Crippen molar-refractivity contribution in [1.82, 2.24) is 0 Å². The Morgan fingerprint density at radius 3 is 1.76 bits per heavy atom. The zero-order valence-corrected chi connectivity index (χ0v) is 14.0. The Kier molecular flexibility index (Phi) is 5.42. The van der Waals surface area contributed by atoms with Crippen LogP contribution in [-0.4, -0.2) is 11.7 Å². The summed E-state index contributed by atoms with van der Waals surface area (Å²) in [5.41, 5.74) is 0. The average molecular weight is 336 g/mol. The van der Waals surface area contributed by atoms with Gasteiger partial charge in [0.05, 0.1) is 6.61 Å². The molecule has 0 bridgehead atoms. The molecule has 0 heterocycles. The predicted octanol–water partition coefficient (Wildman–Crippen LogP) is 5.77. The molecular formula is C21H20O4. The first-order valence-corrected chi connectivity index (χ1v) is 8.20. The molecule has 0 atom stereocenters. The molecule has 0 amide bonds. The van der Waals surface area contributed by atoms with Crippen molar-refractivity contribution in [2.24, 2.45) is 0 Å². The smallest absolute Gasteiger partial charge is 0.131 e. The SMILES string of the molecule is CCCOc1ccc(Oc2cccc(Oc3ccc(O)cc3)c2)cc1. The number of aromatic hydroxyl groups is 1. The minimum absolute atomic E-state index is 0.204. The first kappa shape index (κ1) is 16.7. The molecule has 3 rings (SSSR count). The van der Waals surface area contributed by atoms with Gasteiger partial charge in [-0.25, -0.2) is 0 Å². The molecule has 3 aromatic rings. The molecule has 0 aliphatic heterocycles. The van der Waals surface area contributed by atoms with Gasteiger partial charge in [0, 0.05) is 6.07 Å². The maximum Gasteiger partial charge on any atom is 0.131 e. The molecule has 0 fully saturated rings. The van der Waals surface area contributed by atoms with E-state index in [0.29, 0.717) is 23.9 Å². The summed E-state index contributed by atoms with van der Waals surface area (Å²) in [5.74, 6) is 3.75. The highest BCUT2D eigenvalue weighted by Gasteiger charge is 2.03. The van der Waals surface area contributed by atoms with E-state index in [1.54, 1.807) is 24.3 Å². The summed E-state index contributed by atoms with van der Waals surface area (Å²) in [5, 5.41) is 9.31. The van der Waals surface area contributed by atoms with Gasteiger partial charge in [-0.1, -0.05) is 13.0 Å².